The van der Waals surface area contributed by atoms with Crippen LogP contribution in [-0.4, -0.2) is 29.4 Å². The first-order valence-corrected chi connectivity index (χ1v) is 5.23. The van der Waals surface area contributed by atoms with Gasteiger partial charge in [0.05, 0.1) is 12.7 Å². The minimum Gasteiger partial charge on any atom is -0.496 e. The SMILES string of the molecule is COc1cc(C(C)=O)ccc1C(=O)C(C)(C)O. The molecule has 0 aliphatic carbocycles. The molecule has 1 N–H and O–H groups in total. The Morgan fingerprint density at radius 1 is 1.29 bits per heavy atom. The number of methoxy groups -OCH3 is 1. The molecule has 0 bridgehead atoms. The zero-order valence-corrected chi connectivity index (χ0v) is 10.4. The van der Waals surface area contributed by atoms with E-state index in [0.29, 0.717) is 11.3 Å². The lowest BCUT2D eigenvalue weighted by Gasteiger charge is -2.17. The molecule has 0 amide bonds. The maximum atomic E-state index is 11.9. The van der Waals surface area contributed by atoms with Crippen LogP contribution in [0.3, 0.4) is 0 Å². The molecule has 4 heteroatoms. The third-order valence-corrected chi connectivity index (χ3v) is 2.41. The Morgan fingerprint density at radius 3 is 2.29 bits per heavy atom. The molecular weight excluding hydrogens is 220 g/mol. The molecule has 0 radical (unpaired) electrons. The van der Waals surface area contributed by atoms with E-state index in [4.69, 9.17) is 4.74 Å². The van der Waals surface area contributed by atoms with E-state index in [2.05, 4.69) is 0 Å². The lowest BCUT2D eigenvalue weighted by molar-refractivity contribution is 0.0485. The molecule has 0 unspecified atom stereocenters. The normalized spacial score (nSPS) is 11.1. The Bertz CT molecular complexity index is 455. The van der Waals surface area contributed by atoms with Crippen LogP contribution in [0, 0.1) is 0 Å². The van der Waals surface area contributed by atoms with Crippen molar-refractivity contribution in [3.05, 3.63) is 29.3 Å². The van der Waals surface area contributed by atoms with Gasteiger partial charge in [-0.15, -0.1) is 0 Å². The first-order chi connectivity index (χ1) is 7.77. The molecule has 92 valence electrons. The highest BCUT2D eigenvalue weighted by Crippen LogP contribution is 2.24. The van der Waals surface area contributed by atoms with Crippen LogP contribution >= 0.6 is 0 Å². The van der Waals surface area contributed by atoms with Gasteiger partial charge in [-0.05, 0) is 32.9 Å². The summed E-state index contributed by atoms with van der Waals surface area (Å²) >= 11 is 0. The molecule has 0 spiro atoms. The molecule has 1 aromatic rings. The third kappa shape index (κ3) is 2.91. The number of carbonyl (C=O) groups excluding carboxylic acids is 2. The molecule has 0 atom stereocenters. The minimum absolute atomic E-state index is 0.106. The Kier molecular flexibility index (Phi) is 3.68. The number of aliphatic hydroxyl groups is 1. The number of carbonyl (C=O) groups is 2. The molecule has 0 aliphatic heterocycles. The summed E-state index contributed by atoms with van der Waals surface area (Å²) in [7, 11) is 1.42. The fraction of sp³-hybridized carbons (Fsp3) is 0.385. The van der Waals surface area contributed by atoms with E-state index >= 15 is 0 Å². The van der Waals surface area contributed by atoms with Crippen molar-refractivity contribution in [2.24, 2.45) is 0 Å². The highest BCUT2D eigenvalue weighted by atomic mass is 16.5. The van der Waals surface area contributed by atoms with Gasteiger partial charge in [0.2, 0.25) is 0 Å². The average molecular weight is 236 g/mol. The second-order valence-corrected chi connectivity index (χ2v) is 4.36. The van der Waals surface area contributed by atoms with Crippen molar-refractivity contribution in [2.75, 3.05) is 7.11 Å². The zero-order chi connectivity index (χ0) is 13.2. The van der Waals surface area contributed by atoms with Crippen LogP contribution in [0.25, 0.3) is 0 Å². The van der Waals surface area contributed by atoms with Gasteiger partial charge in [-0.3, -0.25) is 9.59 Å². The number of ketones is 2. The number of benzene rings is 1. The van der Waals surface area contributed by atoms with E-state index in [1.807, 2.05) is 0 Å². The molecule has 4 nitrogen and oxygen atoms in total. The summed E-state index contributed by atoms with van der Waals surface area (Å²) in [6, 6.07) is 4.54. The van der Waals surface area contributed by atoms with Gasteiger partial charge in [0.1, 0.15) is 11.4 Å². The van der Waals surface area contributed by atoms with Crippen LogP contribution in [0.2, 0.25) is 0 Å². The van der Waals surface area contributed by atoms with Gasteiger partial charge in [-0.1, -0.05) is 6.07 Å². The van der Waals surface area contributed by atoms with E-state index < -0.39 is 11.4 Å². The van der Waals surface area contributed by atoms with Gasteiger partial charge in [-0.2, -0.15) is 0 Å². The monoisotopic (exact) mass is 236 g/mol. The van der Waals surface area contributed by atoms with Gasteiger partial charge >= 0.3 is 0 Å². The summed E-state index contributed by atoms with van der Waals surface area (Å²) < 4.78 is 5.07. The van der Waals surface area contributed by atoms with Crippen molar-refractivity contribution in [3.8, 4) is 5.75 Å². The molecule has 0 heterocycles. The van der Waals surface area contributed by atoms with Gasteiger partial charge in [0, 0.05) is 5.56 Å². The molecule has 17 heavy (non-hydrogen) atoms. The average Bonchev–Trinajstić information content (AvgIpc) is 2.25. The predicted molar refractivity (Wildman–Crippen MR) is 63.6 cm³/mol. The molecular formula is C13H16O4. The van der Waals surface area contributed by atoms with Gasteiger partial charge < -0.3 is 9.84 Å². The van der Waals surface area contributed by atoms with Crippen LogP contribution < -0.4 is 4.74 Å². The number of rotatable bonds is 4. The molecule has 0 aliphatic rings. The maximum absolute atomic E-state index is 11.9. The number of hydrogen-bond acceptors (Lipinski definition) is 4. The van der Waals surface area contributed by atoms with E-state index in [1.165, 1.54) is 40.0 Å². The predicted octanol–water partition coefficient (Wildman–Crippen LogP) is 1.85. The standard InChI is InChI=1S/C13H16O4/c1-8(14)9-5-6-10(11(7-9)17-4)12(15)13(2,3)16/h5-7,16H,1-4H3. The van der Waals surface area contributed by atoms with Crippen molar-refractivity contribution < 1.29 is 19.4 Å². The zero-order valence-electron chi connectivity index (χ0n) is 10.4. The first kappa shape index (κ1) is 13.4. The van der Waals surface area contributed by atoms with Crippen LogP contribution in [-0.2, 0) is 0 Å². The first-order valence-electron chi connectivity index (χ1n) is 5.23. The summed E-state index contributed by atoms with van der Waals surface area (Å²) in [5.74, 6) is -0.250. The summed E-state index contributed by atoms with van der Waals surface area (Å²) in [6.45, 7) is 4.26. The second-order valence-electron chi connectivity index (χ2n) is 4.36. The highest BCUT2D eigenvalue weighted by Gasteiger charge is 2.28. The van der Waals surface area contributed by atoms with Gasteiger partial charge in [0.25, 0.3) is 0 Å². The van der Waals surface area contributed by atoms with Crippen molar-refractivity contribution in [2.45, 2.75) is 26.4 Å². The van der Waals surface area contributed by atoms with Crippen LogP contribution in [0.1, 0.15) is 41.5 Å². The Morgan fingerprint density at radius 2 is 1.88 bits per heavy atom. The second kappa shape index (κ2) is 4.67. The Labute approximate surface area is 100 Å². The molecule has 1 aromatic carbocycles. The summed E-state index contributed by atoms with van der Waals surface area (Å²) in [6.07, 6.45) is 0. The van der Waals surface area contributed by atoms with E-state index in [9.17, 15) is 14.7 Å². The highest BCUT2D eigenvalue weighted by molar-refractivity contribution is 6.05. The van der Waals surface area contributed by atoms with E-state index in [-0.39, 0.29) is 11.3 Å². The molecule has 0 saturated heterocycles. The number of ether oxygens (including phenoxy) is 1. The van der Waals surface area contributed by atoms with Crippen LogP contribution in [0.4, 0.5) is 0 Å². The van der Waals surface area contributed by atoms with Crippen molar-refractivity contribution >= 4 is 11.6 Å². The summed E-state index contributed by atoms with van der Waals surface area (Å²) in [5, 5.41) is 9.67. The van der Waals surface area contributed by atoms with Crippen LogP contribution in [0.5, 0.6) is 5.75 Å². The van der Waals surface area contributed by atoms with Gasteiger partial charge in [-0.25, -0.2) is 0 Å². The Balaban J connectivity index is 3.27. The summed E-state index contributed by atoms with van der Waals surface area (Å²) in [4.78, 5) is 23.1. The summed E-state index contributed by atoms with van der Waals surface area (Å²) in [5.41, 5.74) is -0.732. The number of Topliss-reactive ketones (excluding diaryl/α,β-unsaturated/α-hetero) is 2. The fourth-order valence-corrected chi connectivity index (χ4v) is 1.43. The molecule has 0 fully saturated rings. The van der Waals surface area contributed by atoms with E-state index in [1.54, 1.807) is 6.07 Å². The smallest absolute Gasteiger partial charge is 0.197 e. The topological polar surface area (TPSA) is 63.6 Å². The van der Waals surface area contributed by atoms with Crippen molar-refractivity contribution in [3.63, 3.8) is 0 Å². The third-order valence-electron chi connectivity index (χ3n) is 2.41. The van der Waals surface area contributed by atoms with Crippen molar-refractivity contribution in [1.29, 1.82) is 0 Å². The molecule has 0 saturated carbocycles. The van der Waals surface area contributed by atoms with E-state index in [0.717, 1.165) is 0 Å². The molecule has 0 aromatic heterocycles. The lowest BCUT2D eigenvalue weighted by Crippen LogP contribution is -2.31. The van der Waals surface area contributed by atoms with Crippen LogP contribution in [0.15, 0.2) is 18.2 Å². The lowest BCUT2D eigenvalue weighted by atomic mass is 9.95. The number of hydrogen-bond donors (Lipinski definition) is 1. The quantitative estimate of drug-likeness (QED) is 0.810. The van der Waals surface area contributed by atoms with Gasteiger partial charge in [0.15, 0.2) is 11.6 Å². The fourth-order valence-electron chi connectivity index (χ4n) is 1.43. The van der Waals surface area contributed by atoms with Crippen molar-refractivity contribution in [1.82, 2.24) is 0 Å². The minimum atomic E-state index is -1.47. The largest absolute Gasteiger partial charge is 0.496 e. The molecule has 1 rings (SSSR count). The Hall–Kier alpha value is -1.68. The maximum Gasteiger partial charge on any atom is 0.197 e.